The van der Waals surface area contributed by atoms with Crippen molar-refractivity contribution in [2.75, 3.05) is 14.1 Å². The van der Waals surface area contributed by atoms with Crippen LogP contribution in [0.4, 0.5) is 0 Å². The van der Waals surface area contributed by atoms with E-state index in [1.165, 1.54) is 15.9 Å². The summed E-state index contributed by atoms with van der Waals surface area (Å²) >= 11 is 6.73. The van der Waals surface area contributed by atoms with Gasteiger partial charge in [-0.1, -0.05) is 0 Å². The van der Waals surface area contributed by atoms with Crippen LogP contribution in [-0.4, -0.2) is 18.8 Å². The van der Waals surface area contributed by atoms with Crippen molar-refractivity contribution in [2.45, 2.75) is 0 Å². The molecule has 5 aromatic rings. The monoisotopic (exact) mass is 615 g/mol. The van der Waals surface area contributed by atoms with Crippen molar-refractivity contribution in [2.24, 2.45) is 0 Å². The molecule has 0 atom stereocenters. The first kappa shape index (κ1) is 28.8. The molecule has 0 aromatic heterocycles. The molecule has 0 amide bonds. The van der Waals surface area contributed by atoms with Gasteiger partial charge in [0, 0.05) is 0 Å². The molecule has 0 aliphatic carbocycles. The molecule has 0 saturated heterocycles. The van der Waals surface area contributed by atoms with Gasteiger partial charge < -0.3 is 0 Å². The molecule has 0 fully saturated rings. The van der Waals surface area contributed by atoms with Crippen LogP contribution in [0.25, 0.3) is 6.08 Å². The molecule has 2 nitrogen and oxygen atoms in total. The first-order valence-electron chi connectivity index (χ1n) is 12.6. The predicted octanol–water partition coefficient (Wildman–Crippen LogP) is 8.30. The predicted molar refractivity (Wildman–Crippen MR) is 176 cm³/mol. The van der Waals surface area contributed by atoms with Gasteiger partial charge in [0.2, 0.25) is 0 Å². The fourth-order valence-corrected chi connectivity index (χ4v) is 12.0. The van der Waals surface area contributed by atoms with Crippen molar-refractivity contribution < 1.29 is 4.74 Å². The molecular formula is C34H32BrClNOP. The number of para-hydroxylation sites is 1. The number of halogens is 2. The van der Waals surface area contributed by atoms with Crippen molar-refractivity contribution >= 4 is 57.3 Å². The topological polar surface area (TPSA) is 12.5 Å². The van der Waals surface area contributed by atoms with Crippen LogP contribution in [-0.2, 0) is 0 Å². The summed E-state index contributed by atoms with van der Waals surface area (Å²) in [6.45, 7) is -3.69. The average molecular weight is 617 g/mol. The van der Waals surface area contributed by atoms with Crippen LogP contribution in [0.2, 0.25) is 5.02 Å². The summed E-state index contributed by atoms with van der Waals surface area (Å²) in [6.07, 6.45) is 2.19. The first-order valence-corrected chi connectivity index (χ1v) is 15.2. The van der Waals surface area contributed by atoms with Crippen LogP contribution in [0.15, 0.2) is 151 Å². The third kappa shape index (κ3) is 4.86. The SMILES string of the molecule is Br.CN(C)P(C(=Cc1ccccc1)Oc1ccccc1Cl)(c1ccccc1)(c1ccccc1)c1ccccc1. The third-order valence-electron chi connectivity index (χ3n) is 7.15. The van der Waals surface area contributed by atoms with Gasteiger partial charge >= 0.3 is 231 Å². The third-order valence-corrected chi connectivity index (χ3v) is 14.0. The molecular weight excluding hydrogens is 585 g/mol. The standard InChI is InChI=1S/C34H31ClNOP.BrH/c1-36(2)38(29-19-9-4-10-20-29,30-21-11-5-12-22-30,31-23-13-6-14-24-31)34(27-28-17-7-3-8-18-28)37-33-26-16-15-25-32(33)35;/h3-27H,1-2H3;1H. The Labute approximate surface area is 247 Å². The van der Waals surface area contributed by atoms with E-state index in [1.807, 2.05) is 30.3 Å². The van der Waals surface area contributed by atoms with Crippen LogP contribution in [0.1, 0.15) is 5.56 Å². The summed E-state index contributed by atoms with van der Waals surface area (Å²) in [7, 11) is 4.33. The number of rotatable bonds is 8. The maximum atomic E-state index is 7.09. The Kier molecular flexibility index (Phi) is 9.10. The Morgan fingerprint density at radius 2 is 0.974 bits per heavy atom. The molecule has 5 rings (SSSR count). The van der Waals surface area contributed by atoms with E-state index in [4.69, 9.17) is 16.3 Å². The minimum absolute atomic E-state index is 0. The Morgan fingerprint density at radius 1 is 0.590 bits per heavy atom. The molecule has 0 unspecified atom stereocenters. The molecule has 5 heteroatoms. The normalized spacial score (nSPS) is 12.7. The Morgan fingerprint density at radius 3 is 1.38 bits per heavy atom. The van der Waals surface area contributed by atoms with E-state index in [2.05, 4.69) is 140 Å². The van der Waals surface area contributed by atoms with Gasteiger partial charge in [-0.05, 0) is 0 Å². The molecule has 0 radical (unpaired) electrons. The van der Waals surface area contributed by atoms with E-state index in [0.29, 0.717) is 10.8 Å². The van der Waals surface area contributed by atoms with Gasteiger partial charge in [0.05, 0.1) is 0 Å². The summed E-state index contributed by atoms with van der Waals surface area (Å²) in [5, 5.41) is 4.09. The Balaban J connectivity index is 0.00000353. The number of benzene rings is 5. The van der Waals surface area contributed by atoms with Gasteiger partial charge in [-0.25, -0.2) is 0 Å². The zero-order valence-electron chi connectivity index (χ0n) is 22.0. The molecule has 0 bridgehead atoms. The first-order chi connectivity index (χ1) is 18.6. The van der Waals surface area contributed by atoms with Crippen molar-refractivity contribution in [1.29, 1.82) is 0 Å². The molecule has 198 valence electrons. The maximum absolute atomic E-state index is 7.09. The van der Waals surface area contributed by atoms with Crippen LogP contribution < -0.4 is 20.7 Å². The molecule has 39 heavy (non-hydrogen) atoms. The van der Waals surface area contributed by atoms with Crippen molar-refractivity contribution in [3.05, 3.63) is 162 Å². The van der Waals surface area contributed by atoms with Gasteiger partial charge in [-0.2, -0.15) is 0 Å². The van der Waals surface area contributed by atoms with Gasteiger partial charge in [0.25, 0.3) is 0 Å². The summed E-state index contributed by atoms with van der Waals surface area (Å²) in [5.74, 6) is 0.620. The van der Waals surface area contributed by atoms with Crippen LogP contribution in [0, 0.1) is 0 Å². The van der Waals surface area contributed by atoms with E-state index >= 15 is 0 Å². The number of ether oxygens (including phenoxy) is 1. The molecule has 0 aliphatic heterocycles. The molecule has 5 aromatic carbocycles. The van der Waals surface area contributed by atoms with E-state index < -0.39 is 6.75 Å². The summed E-state index contributed by atoms with van der Waals surface area (Å²) in [5.41, 5.74) is 1.89. The molecule has 0 N–H and O–H groups in total. The number of hydrogen-bond acceptors (Lipinski definition) is 2. The van der Waals surface area contributed by atoms with E-state index in [0.717, 1.165) is 11.1 Å². The second-order valence-electron chi connectivity index (χ2n) is 9.35. The summed E-state index contributed by atoms with van der Waals surface area (Å²) in [4.78, 5) is 0. The summed E-state index contributed by atoms with van der Waals surface area (Å²) in [6, 6.07) is 50.3. The average Bonchev–Trinajstić information content (AvgIpc) is 2.97. The van der Waals surface area contributed by atoms with Crippen molar-refractivity contribution in [3.63, 3.8) is 0 Å². The second-order valence-corrected chi connectivity index (χ2v) is 14.7. The number of hydrogen-bond donors (Lipinski definition) is 0. The van der Waals surface area contributed by atoms with E-state index in [9.17, 15) is 0 Å². The zero-order chi connectivity index (χ0) is 26.5. The van der Waals surface area contributed by atoms with E-state index in [1.54, 1.807) is 0 Å². The quantitative estimate of drug-likeness (QED) is 0.128. The molecule has 0 saturated carbocycles. The second kappa shape index (κ2) is 12.3. The van der Waals surface area contributed by atoms with Crippen LogP contribution in [0.3, 0.4) is 0 Å². The number of nitrogens with zero attached hydrogens (tertiary/aromatic N) is 1. The van der Waals surface area contributed by atoms with Crippen molar-refractivity contribution in [1.82, 2.24) is 4.67 Å². The van der Waals surface area contributed by atoms with Gasteiger partial charge in [-0.15, -0.1) is 17.0 Å². The van der Waals surface area contributed by atoms with Crippen LogP contribution in [0.5, 0.6) is 5.75 Å². The van der Waals surface area contributed by atoms with Gasteiger partial charge in [0.1, 0.15) is 0 Å². The van der Waals surface area contributed by atoms with Gasteiger partial charge in [-0.3, -0.25) is 0 Å². The van der Waals surface area contributed by atoms with Crippen molar-refractivity contribution in [3.8, 4) is 5.75 Å². The zero-order valence-corrected chi connectivity index (χ0v) is 25.4. The minimum atomic E-state index is -3.69. The Hall–Kier alpha value is -3.20. The molecule has 0 heterocycles. The fourth-order valence-electron chi connectivity index (χ4n) is 5.45. The van der Waals surface area contributed by atoms with Gasteiger partial charge in [0.15, 0.2) is 0 Å². The Bertz CT molecular complexity index is 1430. The van der Waals surface area contributed by atoms with E-state index in [-0.39, 0.29) is 17.0 Å². The molecule has 0 aliphatic rings. The molecule has 0 spiro atoms. The fraction of sp³-hybridized carbons (Fsp3) is 0.0588. The van der Waals surface area contributed by atoms with Crippen LogP contribution >= 0.6 is 35.3 Å². The summed E-state index contributed by atoms with van der Waals surface area (Å²) < 4.78 is 9.47.